The lowest BCUT2D eigenvalue weighted by Crippen LogP contribution is -2.54. The molecular weight excluding hydrogens is 264 g/mol. The number of hydrogen-bond donors (Lipinski definition) is 2. The van der Waals surface area contributed by atoms with Crippen molar-refractivity contribution in [2.45, 2.75) is 65.0 Å². The molecule has 0 aromatic rings. The number of nitrogens with one attached hydrogen (secondary N) is 1. The average molecular weight is 296 g/mol. The molecule has 2 N–H and O–H groups in total. The minimum absolute atomic E-state index is 0.205. The van der Waals surface area contributed by atoms with Crippen molar-refractivity contribution >= 4 is 5.97 Å². The van der Waals surface area contributed by atoms with E-state index in [4.69, 9.17) is 0 Å². The highest BCUT2D eigenvalue weighted by Gasteiger charge is 2.39. The van der Waals surface area contributed by atoms with E-state index in [2.05, 4.69) is 31.0 Å². The molecule has 0 aromatic heterocycles. The summed E-state index contributed by atoms with van der Waals surface area (Å²) in [6, 6.07) is 0.938. The number of rotatable bonds is 8. The van der Waals surface area contributed by atoms with Crippen molar-refractivity contribution in [3.8, 4) is 0 Å². The summed E-state index contributed by atoms with van der Waals surface area (Å²) in [6.07, 6.45) is 5.76. The van der Waals surface area contributed by atoms with Gasteiger partial charge in [0.1, 0.15) is 0 Å². The molecule has 4 heteroatoms. The van der Waals surface area contributed by atoms with E-state index >= 15 is 0 Å². The van der Waals surface area contributed by atoms with Crippen LogP contribution in [0.1, 0.15) is 52.9 Å². The first-order chi connectivity index (χ1) is 10.0. The Labute approximate surface area is 129 Å². The van der Waals surface area contributed by atoms with Crippen LogP contribution in [0.4, 0.5) is 0 Å². The van der Waals surface area contributed by atoms with Crippen LogP contribution in [-0.4, -0.2) is 47.7 Å². The summed E-state index contributed by atoms with van der Waals surface area (Å²) in [7, 11) is 0. The third-order valence-electron chi connectivity index (χ3n) is 5.04. The maximum Gasteiger partial charge on any atom is 0.307 e. The molecule has 0 aromatic carbocycles. The average Bonchev–Trinajstić information content (AvgIpc) is 3.23. The molecule has 122 valence electrons. The van der Waals surface area contributed by atoms with Crippen LogP contribution in [-0.2, 0) is 4.79 Å². The van der Waals surface area contributed by atoms with Crippen LogP contribution in [0.2, 0.25) is 0 Å². The molecule has 3 unspecified atom stereocenters. The van der Waals surface area contributed by atoms with Crippen molar-refractivity contribution in [3.05, 3.63) is 0 Å². The largest absolute Gasteiger partial charge is 0.481 e. The Morgan fingerprint density at radius 3 is 2.57 bits per heavy atom. The highest BCUT2D eigenvalue weighted by molar-refractivity contribution is 5.70. The molecule has 0 amide bonds. The summed E-state index contributed by atoms with van der Waals surface area (Å²) < 4.78 is 0. The molecule has 2 rings (SSSR count). The molecule has 1 heterocycles. The summed E-state index contributed by atoms with van der Waals surface area (Å²) in [5.74, 6) is 0.685. The number of hydrogen-bond acceptors (Lipinski definition) is 3. The molecule has 1 aliphatic carbocycles. The zero-order valence-electron chi connectivity index (χ0n) is 13.8. The second-order valence-corrected chi connectivity index (χ2v) is 7.37. The maximum absolute atomic E-state index is 11.5. The van der Waals surface area contributed by atoms with Crippen LogP contribution in [0.5, 0.6) is 0 Å². The van der Waals surface area contributed by atoms with Crippen LogP contribution in [0.15, 0.2) is 0 Å². The molecular formula is C17H32N2O2. The molecule has 1 saturated heterocycles. The van der Waals surface area contributed by atoms with E-state index in [0.29, 0.717) is 18.0 Å². The third-order valence-corrected chi connectivity index (χ3v) is 5.04. The third kappa shape index (κ3) is 4.96. The number of aliphatic carboxylic acids is 1. The molecule has 0 radical (unpaired) electrons. The van der Waals surface area contributed by atoms with Gasteiger partial charge in [0.15, 0.2) is 0 Å². The summed E-state index contributed by atoms with van der Waals surface area (Å²) >= 11 is 0. The molecule has 2 fully saturated rings. The SMILES string of the molecule is CCC(C1CC1)N1CC(NCCC(C)C)CC(C(=O)O)C1. The van der Waals surface area contributed by atoms with E-state index in [9.17, 15) is 9.90 Å². The van der Waals surface area contributed by atoms with Gasteiger partial charge in [-0.3, -0.25) is 9.69 Å². The zero-order valence-corrected chi connectivity index (χ0v) is 13.8. The maximum atomic E-state index is 11.5. The van der Waals surface area contributed by atoms with Gasteiger partial charge in [0.25, 0.3) is 0 Å². The fraction of sp³-hybridized carbons (Fsp3) is 0.941. The fourth-order valence-electron chi connectivity index (χ4n) is 3.68. The van der Waals surface area contributed by atoms with Gasteiger partial charge in [0, 0.05) is 25.2 Å². The van der Waals surface area contributed by atoms with E-state index in [0.717, 1.165) is 44.8 Å². The molecule has 2 aliphatic rings. The Kier molecular flexibility index (Phi) is 6.06. The zero-order chi connectivity index (χ0) is 15.4. The fourth-order valence-corrected chi connectivity index (χ4v) is 3.68. The highest BCUT2D eigenvalue weighted by Crippen LogP contribution is 2.38. The van der Waals surface area contributed by atoms with E-state index < -0.39 is 5.97 Å². The van der Waals surface area contributed by atoms with Crippen LogP contribution in [0, 0.1) is 17.8 Å². The topological polar surface area (TPSA) is 52.6 Å². The molecule has 0 bridgehead atoms. The first kappa shape index (κ1) is 16.8. The number of nitrogens with zero attached hydrogens (tertiary/aromatic N) is 1. The van der Waals surface area contributed by atoms with Crippen LogP contribution >= 0.6 is 0 Å². The van der Waals surface area contributed by atoms with Gasteiger partial charge in [-0.15, -0.1) is 0 Å². The molecule has 3 atom stereocenters. The highest BCUT2D eigenvalue weighted by atomic mass is 16.4. The summed E-state index contributed by atoms with van der Waals surface area (Å²) in [5, 5.41) is 13.0. The van der Waals surface area contributed by atoms with Gasteiger partial charge >= 0.3 is 5.97 Å². The molecule has 4 nitrogen and oxygen atoms in total. The van der Waals surface area contributed by atoms with Gasteiger partial charge in [0.2, 0.25) is 0 Å². The lowest BCUT2D eigenvalue weighted by atomic mass is 9.91. The van der Waals surface area contributed by atoms with Crippen molar-refractivity contribution in [2.75, 3.05) is 19.6 Å². The van der Waals surface area contributed by atoms with Crippen LogP contribution in [0.3, 0.4) is 0 Å². The predicted octanol–water partition coefficient (Wildman–Crippen LogP) is 2.59. The van der Waals surface area contributed by atoms with Crippen LogP contribution < -0.4 is 5.32 Å². The summed E-state index contributed by atoms with van der Waals surface area (Å²) in [6.45, 7) is 9.48. The van der Waals surface area contributed by atoms with Gasteiger partial charge in [-0.1, -0.05) is 20.8 Å². The van der Waals surface area contributed by atoms with E-state index in [1.807, 2.05) is 0 Å². The van der Waals surface area contributed by atoms with Gasteiger partial charge in [-0.25, -0.2) is 0 Å². The first-order valence-electron chi connectivity index (χ1n) is 8.71. The monoisotopic (exact) mass is 296 g/mol. The molecule has 1 saturated carbocycles. The Balaban J connectivity index is 1.92. The quantitative estimate of drug-likeness (QED) is 0.723. The Morgan fingerprint density at radius 2 is 2.05 bits per heavy atom. The Morgan fingerprint density at radius 1 is 1.33 bits per heavy atom. The minimum atomic E-state index is -0.624. The van der Waals surface area contributed by atoms with Crippen LogP contribution in [0.25, 0.3) is 0 Å². The minimum Gasteiger partial charge on any atom is -0.481 e. The summed E-state index contributed by atoms with van der Waals surface area (Å²) in [4.78, 5) is 13.9. The van der Waals surface area contributed by atoms with E-state index in [-0.39, 0.29) is 5.92 Å². The molecule has 0 spiro atoms. The van der Waals surface area contributed by atoms with Crippen molar-refractivity contribution in [3.63, 3.8) is 0 Å². The lowest BCUT2D eigenvalue weighted by Gasteiger charge is -2.41. The van der Waals surface area contributed by atoms with Gasteiger partial charge in [-0.05, 0) is 50.5 Å². The summed E-state index contributed by atoms with van der Waals surface area (Å²) in [5.41, 5.74) is 0. The first-order valence-corrected chi connectivity index (χ1v) is 8.71. The van der Waals surface area contributed by atoms with E-state index in [1.165, 1.54) is 12.8 Å². The second kappa shape index (κ2) is 7.59. The van der Waals surface area contributed by atoms with Gasteiger partial charge in [0.05, 0.1) is 5.92 Å². The normalized spacial score (nSPS) is 28.8. The van der Waals surface area contributed by atoms with Gasteiger partial charge in [-0.2, -0.15) is 0 Å². The smallest absolute Gasteiger partial charge is 0.307 e. The van der Waals surface area contributed by atoms with Crippen molar-refractivity contribution in [2.24, 2.45) is 17.8 Å². The number of piperidine rings is 1. The molecule has 1 aliphatic heterocycles. The number of carbonyl (C=O) groups is 1. The Bertz CT molecular complexity index is 342. The predicted molar refractivity (Wildman–Crippen MR) is 85.4 cm³/mol. The number of carboxylic acid groups (broad SMARTS) is 1. The number of carboxylic acids is 1. The Hall–Kier alpha value is -0.610. The van der Waals surface area contributed by atoms with E-state index in [1.54, 1.807) is 0 Å². The standard InChI is InChI=1S/C17H32N2O2/c1-4-16(13-5-6-13)19-10-14(17(20)21)9-15(11-19)18-8-7-12(2)3/h12-16,18H,4-11H2,1-3H3,(H,20,21). The lowest BCUT2D eigenvalue weighted by molar-refractivity contribution is -0.144. The van der Waals surface area contributed by atoms with Crippen molar-refractivity contribution in [1.29, 1.82) is 0 Å². The second-order valence-electron chi connectivity index (χ2n) is 7.37. The number of likely N-dealkylation sites (tertiary alicyclic amines) is 1. The van der Waals surface area contributed by atoms with Crippen molar-refractivity contribution < 1.29 is 9.90 Å². The molecule has 21 heavy (non-hydrogen) atoms. The van der Waals surface area contributed by atoms with Gasteiger partial charge < -0.3 is 10.4 Å². The van der Waals surface area contributed by atoms with Crippen molar-refractivity contribution in [1.82, 2.24) is 10.2 Å².